The largest absolute Gasteiger partial charge is 0.381 e. The van der Waals surface area contributed by atoms with Gasteiger partial charge in [0.1, 0.15) is 0 Å². The first kappa shape index (κ1) is 11.3. The molecular formula is C12H14Cl2O. The van der Waals surface area contributed by atoms with Crippen LogP contribution in [0.4, 0.5) is 0 Å². The first-order chi connectivity index (χ1) is 7.25. The summed E-state index contributed by atoms with van der Waals surface area (Å²) >= 11 is 12.2. The Labute approximate surface area is 100 Å². The molecule has 15 heavy (non-hydrogen) atoms. The molecule has 0 aromatic heterocycles. The zero-order valence-corrected chi connectivity index (χ0v) is 9.97. The third-order valence-corrected chi connectivity index (χ3v) is 3.58. The lowest BCUT2D eigenvalue weighted by Crippen LogP contribution is -2.29. The van der Waals surface area contributed by atoms with Gasteiger partial charge in [0.15, 0.2) is 0 Å². The van der Waals surface area contributed by atoms with Crippen LogP contribution in [0.2, 0.25) is 5.02 Å². The van der Waals surface area contributed by atoms with Gasteiger partial charge in [0.05, 0.1) is 6.61 Å². The van der Waals surface area contributed by atoms with E-state index < -0.39 is 0 Å². The van der Waals surface area contributed by atoms with Gasteiger partial charge in [-0.05, 0) is 30.5 Å². The molecule has 1 aromatic carbocycles. The second-order valence-electron chi connectivity index (χ2n) is 3.97. The summed E-state index contributed by atoms with van der Waals surface area (Å²) in [6.07, 6.45) is 1.90. The van der Waals surface area contributed by atoms with Gasteiger partial charge in [0.25, 0.3) is 0 Å². The molecular weight excluding hydrogens is 231 g/mol. The van der Waals surface area contributed by atoms with Crippen LogP contribution in [0, 0.1) is 5.92 Å². The highest BCUT2D eigenvalue weighted by Crippen LogP contribution is 2.24. The summed E-state index contributed by atoms with van der Waals surface area (Å²) in [7, 11) is 0. The van der Waals surface area contributed by atoms with Crippen LogP contribution in [-0.2, 0) is 11.2 Å². The summed E-state index contributed by atoms with van der Waals surface area (Å²) in [6, 6.07) is 7.95. The summed E-state index contributed by atoms with van der Waals surface area (Å²) in [4.78, 5) is 0. The van der Waals surface area contributed by atoms with Gasteiger partial charge < -0.3 is 4.74 Å². The average Bonchev–Trinajstić information content (AvgIpc) is 2.22. The number of rotatable bonds is 2. The molecule has 82 valence electrons. The van der Waals surface area contributed by atoms with Crippen LogP contribution in [0.15, 0.2) is 24.3 Å². The Hall–Kier alpha value is -0.240. The van der Waals surface area contributed by atoms with Crippen LogP contribution in [0.5, 0.6) is 0 Å². The minimum absolute atomic E-state index is 0.234. The van der Waals surface area contributed by atoms with Crippen molar-refractivity contribution in [3.63, 3.8) is 0 Å². The molecule has 2 rings (SSSR count). The van der Waals surface area contributed by atoms with E-state index in [0.717, 1.165) is 31.1 Å². The van der Waals surface area contributed by atoms with Crippen LogP contribution in [0.25, 0.3) is 0 Å². The van der Waals surface area contributed by atoms with Crippen molar-refractivity contribution in [3.8, 4) is 0 Å². The molecule has 1 aliphatic heterocycles. The second kappa shape index (κ2) is 5.20. The zero-order chi connectivity index (χ0) is 10.7. The van der Waals surface area contributed by atoms with Crippen molar-refractivity contribution in [2.24, 2.45) is 5.92 Å². The minimum Gasteiger partial charge on any atom is -0.381 e. The summed E-state index contributed by atoms with van der Waals surface area (Å²) in [5.41, 5.74) is 1.24. The van der Waals surface area contributed by atoms with E-state index in [-0.39, 0.29) is 5.38 Å². The monoisotopic (exact) mass is 244 g/mol. The summed E-state index contributed by atoms with van der Waals surface area (Å²) in [5, 5.41) is 1.02. The zero-order valence-electron chi connectivity index (χ0n) is 8.46. The van der Waals surface area contributed by atoms with Gasteiger partial charge in [-0.25, -0.2) is 0 Å². The number of benzene rings is 1. The van der Waals surface area contributed by atoms with Gasteiger partial charge >= 0.3 is 0 Å². The van der Waals surface area contributed by atoms with E-state index in [0.29, 0.717) is 5.92 Å². The molecule has 1 nitrogen and oxygen atoms in total. The molecule has 0 saturated carbocycles. The molecule has 1 heterocycles. The standard InChI is InChI=1S/C12H14Cl2O/c13-11-3-1-2-9(7-11)6-10-8-15-5-4-12(10)14/h1-3,7,10,12H,4-6,8H2. The first-order valence-electron chi connectivity index (χ1n) is 5.22. The van der Waals surface area contributed by atoms with E-state index in [4.69, 9.17) is 27.9 Å². The third-order valence-electron chi connectivity index (χ3n) is 2.77. The Morgan fingerprint density at radius 2 is 2.27 bits per heavy atom. The highest BCUT2D eigenvalue weighted by atomic mass is 35.5. The van der Waals surface area contributed by atoms with Gasteiger partial charge in [-0.3, -0.25) is 0 Å². The molecule has 3 heteroatoms. The summed E-state index contributed by atoms with van der Waals surface area (Å²) < 4.78 is 5.44. The fourth-order valence-corrected chi connectivity index (χ4v) is 2.39. The molecule has 1 aromatic rings. The van der Waals surface area contributed by atoms with Gasteiger partial charge in [0, 0.05) is 22.9 Å². The second-order valence-corrected chi connectivity index (χ2v) is 4.97. The van der Waals surface area contributed by atoms with Crippen molar-refractivity contribution >= 4 is 23.2 Å². The Balaban J connectivity index is 2.01. The van der Waals surface area contributed by atoms with Crippen LogP contribution < -0.4 is 0 Å². The fourth-order valence-electron chi connectivity index (χ4n) is 1.92. The van der Waals surface area contributed by atoms with Crippen molar-refractivity contribution in [1.82, 2.24) is 0 Å². The van der Waals surface area contributed by atoms with Gasteiger partial charge in [-0.15, -0.1) is 11.6 Å². The highest BCUT2D eigenvalue weighted by Gasteiger charge is 2.23. The Kier molecular flexibility index (Phi) is 3.90. The molecule has 1 fully saturated rings. The Morgan fingerprint density at radius 1 is 1.40 bits per heavy atom. The van der Waals surface area contributed by atoms with Gasteiger partial charge in [-0.1, -0.05) is 23.7 Å². The van der Waals surface area contributed by atoms with Crippen molar-refractivity contribution in [3.05, 3.63) is 34.9 Å². The first-order valence-corrected chi connectivity index (χ1v) is 6.03. The molecule has 0 N–H and O–H groups in total. The third kappa shape index (κ3) is 3.10. The van der Waals surface area contributed by atoms with E-state index in [9.17, 15) is 0 Å². The molecule has 0 amide bonds. The van der Waals surface area contributed by atoms with Crippen LogP contribution in [0.1, 0.15) is 12.0 Å². The number of hydrogen-bond donors (Lipinski definition) is 0. The Morgan fingerprint density at radius 3 is 3.00 bits per heavy atom. The quantitative estimate of drug-likeness (QED) is 0.724. The molecule has 1 saturated heterocycles. The van der Waals surface area contributed by atoms with Gasteiger partial charge in [-0.2, -0.15) is 0 Å². The maximum atomic E-state index is 6.26. The maximum Gasteiger partial charge on any atom is 0.0511 e. The number of alkyl halides is 1. The van der Waals surface area contributed by atoms with Crippen LogP contribution >= 0.6 is 23.2 Å². The van der Waals surface area contributed by atoms with Crippen molar-refractivity contribution in [2.75, 3.05) is 13.2 Å². The number of halogens is 2. The van der Waals surface area contributed by atoms with E-state index >= 15 is 0 Å². The average molecular weight is 245 g/mol. The predicted octanol–water partition coefficient (Wildman–Crippen LogP) is 3.53. The van der Waals surface area contributed by atoms with Crippen LogP contribution in [-0.4, -0.2) is 18.6 Å². The number of ether oxygens (including phenoxy) is 1. The smallest absolute Gasteiger partial charge is 0.0511 e. The van der Waals surface area contributed by atoms with Crippen molar-refractivity contribution in [1.29, 1.82) is 0 Å². The summed E-state index contributed by atoms with van der Waals surface area (Å²) in [5.74, 6) is 0.416. The van der Waals surface area contributed by atoms with E-state index in [2.05, 4.69) is 6.07 Å². The lowest BCUT2D eigenvalue weighted by molar-refractivity contribution is 0.0578. The maximum absolute atomic E-state index is 6.26. The Bertz CT molecular complexity index is 327. The fraction of sp³-hybridized carbons (Fsp3) is 0.500. The lowest BCUT2D eigenvalue weighted by Gasteiger charge is -2.27. The van der Waals surface area contributed by atoms with Crippen LogP contribution in [0.3, 0.4) is 0 Å². The van der Waals surface area contributed by atoms with E-state index in [1.165, 1.54) is 5.56 Å². The minimum atomic E-state index is 0.234. The van der Waals surface area contributed by atoms with Gasteiger partial charge in [0.2, 0.25) is 0 Å². The van der Waals surface area contributed by atoms with Crippen molar-refractivity contribution < 1.29 is 4.74 Å². The lowest BCUT2D eigenvalue weighted by atomic mass is 9.94. The SMILES string of the molecule is Clc1cccc(CC2COCCC2Cl)c1. The topological polar surface area (TPSA) is 9.23 Å². The molecule has 1 aliphatic rings. The molecule has 0 aliphatic carbocycles. The van der Waals surface area contributed by atoms with E-state index in [1.807, 2.05) is 18.2 Å². The summed E-state index contributed by atoms with van der Waals surface area (Å²) in [6.45, 7) is 1.56. The predicted molar refractivity (Wildman–Crippen MR) is 63.7 cm³/mol. The molecule has 0 radical (unpaired) electrons. The van der Waals surface area contributed by atoms with Crippen molar-refractivity contribution in [2.45, 2.75) is 18.2 Å². The molecule has 2 atom stereocenters. The van der Waals surface area contributed by atoms with E-state index in [1.54, 1.807) is 0 Å². The molecule has 0 spiro atoms. The number of hydrogen-bond acceptors (Lipinski definition) is 1. The molecule has 0 bridgehead atoms. The normalized spacial score (nSPS) is 26.5. The molecule has 2 unspecified atom stereocenters. The highest BCUT2D eigenvalue weighted by molar-refractivity contribution is 6.30.